The van der Waals surface area contributed by atoms with E-state index in [0.717, 1.165) is 16.8 Å². The van der Waals surface area contributed by atoms with E-state index >= 15 is 0 Å². The van der Waals surface area contributed by atoms with Gasteiger partial charge in [-0.1, -0.05) is 42.1 Å². The van der Waals surface area contributed by atoms with Crippen LogP contribution in [0.4, 0.5) is 4.79 Å². The first-order chi connectivity index (χ1) is 15.6. The summed E-state index contributed by atoms with van der Waals surface area (Å²) in [4.78, 5) is 38.0. The van der Waals surface area contributed by atoms with Crippen molar-refractivity contribution in [2.45, 2.75) is 18.5 Å². The van der Waals surface area contributed by atoms with Crippen molar-refractivity contribution in [3.8, 4) is 5.69 Å². The number of amides is 3. The molecular weight excluding hydrogens is 428 g/mol. The van der Waals surface area contributed by atoms with E-state index < -0.39 is 0 Å². The topological polar surface area (TPSA) is 102 Å². The van der Waals surface area contributed by atoms with Crippen LogP contribution in [0.25, 0.3) is 22.4 Å². The molecule has 1 saturated heterocycles. The number of para-hydroxylation sites is 2. The van der Waals surface area contributed by atoms with Crippen LogP contribution in [-0.4, -0.2) is 54.8 Å². The highest BCUT2D eigenvalue weighted by Crippen LogP contribution is 2.24. The van der Waals surface area contributed by atoms with E-state index in [4.69, 9.17) is 0 Å². The fourth-order valence-electron chi connectivity index (χ4n) is 3.87. The number of carbonyl (C=O) groups is 2. The standard InChI is InChI=1S/C22H20N6O3S/c1-14-7-2-4-9-16(14)27-19(30)15-8-3-5-10-17(15)28-20(27)24-25-22(28)32-12-6-11-26-18(29)13-23-21(26)31/h2-5,7-10H,6,11-13H2,1H3,(H,23,31). The van der Waals surface area contributed by atoms with Crippen molar-refractivity contribution in [3.05, 3.63) is 64.4 Å². The maximum Gasteiger partial charge on any atom is 0.324 e. The number of urea groups is 1. The number of hydrogen-bond acceptors (Lipinski definition) is 6. The van der Waals surface area contributed by atoms with E-state index in [2.05, 4.69) is 15.5 Å². The molecule has 2 aromatic heterocycles. The van der Waals surface area contributed by atoms with Crippen LogP contribution in [0, 0.1) is 6.92 Å². The minimum atomic E-state index is -0.346. The number of carbonyl (C=O) groups excluding carboxylic acids is 2. The summed E-state index contributed by atoms with van der Waals surface area (Å²) in [5, 5.41) is 12.5. The molecule has 0 unspecified atom stereocenters. The van der Waals surface area contributed by atoms with Gasteiger partial charge in [0.1, 0.15) is 0 Å². The zero-order valence-corrected chi connectivity index (χ0v) is 18.1. The summed E-state index contributed by atoms with van der Waals surface area (Å²) in [5.41, 5.74) is 2.30. The van der Waals surface area contributed by atoms with Crippen LogP contribution < -0.4 is 10.9 Å². The Labute approximate surface area is 187 Å². The van der Waals surface area contributed by atoms with E-state index in [1.165, 1.54) is 16.7 Å². The molecule has 0 atom stereocenters. The van der Waals surface area contributed by atoms with Gasteiger partial charge in [-0.2, -0.15) is 0 Å². The number of aryl methyl sites for hydroxylation is 1. The minimum absolute atomic E-state index is 0.0587. The molecule has 0 bridgehead atoms. The molecule has 32 heavy (non-hydrogen) atoms. The van der Waals surface area contributed by atoms with Gasteiger partial charge in [0.25, 0.3) is 5.56 Å². The number of aromatic nitrogens is 4. The summed E-state index contributed by atoms with van der Waals surface area (Å²) >= 11 is 1.48. The highest BCUT2D eigenvalue weighted by Gasteiger charge is 2.27. The van der Waals surface area contributed by atoms with Gasteiger partial charge in [-0.15, -0.1) is 10.2 Å². The van der Waals surface area contributed by atoms with Crippen molar-refractivity contribution in [2.75, 3.05) is 18.8 Å². The zero-order valence-electron chi connectivity index (χ0n) is 17.3. The van der Waals surface area contributed by atoms with Crippen molar-refractivity contribution >= 4 is 40.4 Å². The van der Waals surface area contributed by atoms with Crippen molar-refractivity contribution < 1.29 is 9.59 Å². The molecule has 4 aromatic rings. The average Bonchev–Trinajstić information content (AvgIpc) is 3.36. The molecule has 0 saturated carbocycles. The van der Waals surface area contributed by atoms with Gasteiger partial charge in [0.2, 0.25) is 11.7 Å². The molecule has 1 N–H and O–H groups in total. The van der Waals surface area contributed by atoms with E-state index in [0.29, 0.717) is 35.0 Å². The molecule has 0 radical (unpaired) electrons. The number of fused-ring (bicyclic) bond motifs is 3. The number of thioether (sulfide) groups is 1. The van der Waals surface area contributed by atoms with Crippen LogP contribution in [0.2, 0.25) is 0 Å². The number of hydrogen-bond donors (Lipinski definition) is 1. The lowest BCUT2D eigenvalue weighted by Gasteiger charge is -2.13. The van der Waals surface area contributed by atoms with Crippen LogP contribution in [-0.2, 0) is 4.79 Å². The molecule has 162 valence electrons. The average molecular weight is 449 g/mol. The largest absolute Gasteiger partial charge is 0.329 e. The second-order valence-corrected chi connectivity index (χ2v) is 8.53. The van der Waals surface area contributed by atoms with Crippen LogP contribution in [0.5, 0.6) is 0 Å². The lowest BCUT2D eigenvalue weighted by molar-refractivity contribution is -0.124. The number of nitrogens with zero attached hydrogens (tertiary/aromatic N) is 5. The number of imide groups is 1. The second kappa shape index (κ2) is 8.12. The molecule has 5 rings (SSSR count). The fourth-order valence-corrected chi connectivity index (χ4v) is 4.73. The molecule has 1 aliphatic heterocycles. The first-order valence-corrected chi connectivity index (χ1v) is 11.2. The third-order valence-electron chi connectivity index (χ3n) is 5.45. The molecule has 0 spiro atoms. The van der Waals surface area contributed by atoms with Crippen LogP contribution >= 0.6 is 11.8 Å². The molecule has 0 aliphatic carbocycles. The Morgan fingerprint density at radius 2 is 1.81 bits per heavy atom. The molecule has 2 aromatic carbocycles. The predicted octanol–water partition coefficient (Wildman–Crippen LogP) is 2.38. The Hall–Kier alpha value is -3.66. The van der Waals surface area contributed by atoms with Gasteiger partial charge in [0.05, 0.1) is 23.1 Å². The normalized spacial score (nSPS) is 14.0. The Morgan fingerprint density at radius 1 is 1.03 bits per heavy atom. The molecule has 3 heterocycles. The van der Waals surface area contributed by atoms with Crippen LogP contribution in [0.1, 0.15) is 12.0 Å². The van der Waals surface area contributed by atoms with Gasteiger partial charge in [0.15, 0.2) is 5.16 Å². The van der Waals surface area contributed by atoms with Gasteiger partial charge >= 0.3 is 6.03 Å². The van der Waals surface area contributed by atoms with Crippen LogP contribution in [0.15, 0.2) is 58.5 Å². The van der Waals surface area contributed by atoms with Gasteiger partial charge in [-0.05, 0) is 37.1 Å². The monoisotopic (exact) mass is 448 g/mol. The number of rotatable bonds is 6. The summed E-state index contributed by atoms with van der Waals surface area (Å²) < 4.78 is 3.49. The minimum Gasteiger partial charge on any atom is -0.329 e. The summed E-state index contributed by atoms with van der Waals surface area (Å²) in [5.74, 6) is 0.871. The quantitative estimate of drug-likeness (QED) is 0.276. The van der Waals surface area contributed by atoms with E-state index in [1.54, 1.807) is 10.6 Å². The molecule has 1 fully saturated rings. The maximum atomic E-state index is 13.4. The van der Waals surface area contributed by atoms with Gasteiger partial charge < -0.3 is 5.32 Å². The lowest BCUT2D eigenvalue weighted by Crippen LogP contribution is -2.32. The molecule has 1 aliphatic rings. The Kier molecular flexibility index (Phi) is 5.14. The molecule has 10 heteroatoms. The number of benzene rings is 2. The van der Waals surface area contributed by atoms with Gasteiger partial charge in [-0.25, -0.2) is 9.36 Å². The Morgan fingerprint density at radius 3 is 2.59 bits per heavy atom. The molecule has 9 nitrogen and oxygen atoms in total. The smallest absolute Gasteiger partial charge is 0.324 e. The van der Waals surface area contributed by atoms with Crippen molar-refractivity contribution in [1.82, 2.24) is 29.4 Å². The molecule has 3 amide bonds. The first kappa shape index (κ1) is 20.3. The second-order valence-electron chi connectivity index (χ2n) is 7.47. The predicted molar refractivity (Wildman–Crippen MR) is 121 cm³/mol. The van der Waals surface area contributed by atoms with Crippen molar-refractivity contribution in [1.29, 1.82) is 0 Å². The number of nitrogens with one attached hydrogen (secondary N) is 1. The highest BCUT2D eigenvalue weighted by atomic mass is 32.2. The van der Waals surface area contributed by atoms with Crippen molar-refractivity contribution in [3.63, 3.8) is 0 Å². The Bertz CT molecular complexity index is 1410. The highest BCUT2D eigenvalue weighted by molar-refractivity contribution is 7.99. The third kappa shape index (κ3) is 3.32. The summed E-state index contributed by atoms with van der Waals surface area (Å²) in [6, 6.07) is 14.7. The summed E-state index contributed by atoms with van der Waals surface area (Å²) in [6.45, 7) is 2.36. The zero-order chi connectivity index (χ0) is 22.2. The first-order valence-electron chi connectivity index (χ1n) is 10.2. The van der Waals surface area contributed by atoms with E-state index in [-0.39, 0.29) is 24.0 Å². The SMILES string of the molecule is Cc1ccccc1-n1c(=O)c2ccccc2n2c(SCCCN3C(=O)CNC3=O)nnc12. The van der Waals surface area contributed by atoms with Crippen LogP contribution in [0.3, 0.4) is 0 Å². The molecular formula is C22H20N6O3S. The van der Waals surface area contributed by atoms with E-state index in [1.807, 2.05) is 53.8 Å². The summed E-state index contributed by atoms with van der Waals surface area (Å²) in [6.07, 6.45) is 0.619. The van der Waals surface area contributed by atoms with E-state index in [9.17, 15) is 14.4 Å². The third-order valence-corrected chi connectivity index (χ3v) is 6.46. The fraction of sp³-hybridized carbons (Fsp3) is 0.227. The van der Waals surface area contributed by atoms with Crippen molar-refractivity contribution in [2.24, 2.45) is 0 Å². The summed E-state index contributed by atoms with van der Waals surface area (Å²) in [7, 11) is 0. The maximum absolute atomic E-state index is 13.4. The van der Waals surface area contributed by atoms with Gasteiger partial charge in [0, 0.05) is 12.3 Å². The Balaban J connectivity index is 1.53. The van der Waals surface area contributed by atoms with Gasteiger partial charge in [-0.3, -0.25) is 18.9 Å². The lowest BCUT2D eigenvalue weighted by atomic mass is 10.2.